The van der Waals surface area contributed by atoms with Gasteiger partial charge < -0.3 is 5.11 Å². The lowest BCUT2D eigenvalue weighted by atomic mass is 9.94. The minimum Gasteiger partial charge on any atom is -0.480 e. The number of hydrogen-bond acceptors (Lipinski definition) is 4. The van der Waals surface area contributed by atoms with Crippen molar-refractivity contribution in [2.24, 2.45) is 0 Å². The van der Waals surface area contributed by atoms with Crippen LogP contribution in [0, 0.1) is 0 Å². The first-order chi connectivity index (χ1) is 6.11. The minimum absolute atomic E-state index is 0.109. The SMILES string of the molecule is O=C(O)CNC1CCCC(=S)C1=O. The Hall–Kier alpha value is -0.810. The van der Waals surface area contributed by atoms with E-state index in [2.05, 4.69) is 5.32 Å². The Labute approximate surface area is 81.3 Å². The second kappa shape index (κ2) is 4.43. The van der Waals surface area contributed by atoms with Gasteiger partial charge in [-0.25, -0.2) is 0 Å². The van der Waals surface area contributed by atoms with Gasteiger partial charge in [0.05, 0.1) is 17.5 Å². The summed E-state index contributed by atoms with van der Waals surface area (Å²) >= 11 is 4.85. The van der Waals surface area contributed by atoms with Crippen LogP contribution in [0.1, 0.15) is 19.3 Å². The first-order valence-corrected chi connectivity index (χ1v) is 4.54. The van der Waals surface area contributed by atoms with Crippen LogP contribution in [0.2, 0.25) is 0 Å². The smallest absolute Gasteiger partial charge is 0.317 e. The normalized spacial score (nSPS) is 23.2. The molecular formula is C8H11NO3S. The van der Waals surface area contributed by atoms with Gasteiger partial charge >= 0.3 is 5.97 Å². The number of aliphatic carboxylic acids is 1. The zero-order chi connectivity index (χ0) is 9.84. The maximum absolute atomic E-state index is 11.3. The van der Waals surface area contributed by atoms with Crippen molar-refractivity contribution < 1.29 is 14.7 Å². The van der Waals surface area contributed by atoms with E-state index in [1.807, 2.05) is 0 Å². The van der Waals surface area contributed by atoms with Crippen molar-refractivity contribution >= 4 is 28.8 Å². The van der Waals surface area contributed by atoms with Gasteiger partial charge in [-0.05, 0) is 19.3 Å². The lowest BCUT2D eigenvalue weighted by Crippen LogP contribution is -2.44. The fourth-order valence-corrected chi connectivity index (χ4v) is 1.61. The van der Waals surface area contributed by atoms with E-state index in [1.54, 1.807) is 0 Å². The van der Waals surface area contributed by atoms with Crippen molar-refractivity contribution in [3.63, 3.8) is 0 Å². The Morgan fingerprint density at radius 3 is 3.00 bits per heavy atom. The Morgan fingerprint density at radius 2 is 2.38 bits per heavy atom. The molecule has 13 heavy (non-hydrogen) atoms. The zero-order valence-electron chi connectivity index (χ0n) is 7.08. The average Bonchev–Trinajstić information content (AvgIpc) is 2.07. The molecule has 0 spiro atoms. The van der Waals surface area contributed by atoms with Crippen molar-refractivity contribution in [3.8, 4) is 0 Å². The van der Waals surface area contributed by atoms with Crippen LogP contribution in [0.5, 0.6) is 0 Å². The van der Waals surface area contributed by atoms with Gasteiger partial charge in [-0.3, -0.25) is 14.9 Å². The molecule has 0 radical (unpaired) electrons. The predicted octanol–water partition coefficient (Wildman–Crippen LogP) is 0.152. The van der Waals surface area contributed by atoms with Crippen molar-refractivity contribution in [2.75, 3.05) is 6.54 Å². The van der Waals surface area contributed by atoms with Crippen LogP contribution in [-0.2, 0) is 9.59 Å². The standard InChI is InChI=1S/C8H11NO3S/c10-7(11)4-9-5-2-1-3-6(13)8(5)12/h5,9H,1-4H2,(H,10,11). The van der Waals surface area contributed by atoms with Crippen LogP contribution >= 0.6 is 12.2 Å². The van der Waals surface area contributed by atoms with E-state index in [0.29, 0.717) is 17.7 Å². The predicted molar refractivity (Wildman–Crippen MR) is 50.9 cm³/mol. The molecule has 1 rings (SSSR count). The molecule has 0 aromatic carbocycles. The number of carboxylic acid groups (broad SMARTS) is 1. The Bertz CT molecular complexity index is 252. The van der Waals surface area contributed by atoms with E-state index in [9.17, 15) is 9.59 Å². The molecule has 1 atom stereocenters. The van der Waals surface area contributed by atoms with Crippen LogP contribution in [-0.4, -0.2) is 34.3 Å². The van der Waals surface area contributed by atoms with Gasteiger partial charge in [0.15, 0.2) is 5.78 Å². The van der Waals surface area contributed by atoms with E-state index in [1.165, 1.54) is 0 Å². The Kier molecular flexibility index (Phi) is 3.50. The lowest BCUT2D eigenvalue weighted by molar-refractivity contribution is -0.136. The van der Waals surface area contributed by atoms with E-state index in [4.69, 9.17) is 17.3 Å². The summed E-state index contributed by atoms with van der Waals surface area (Å²) in [6.07, 6.45) is 2.22. The quantitative estimate of drug-likeness (QED) is 0.636. The molecule has 4 nitrogen and oxygen atoms in total. The number of carboxylic acids is 1. The molecule has 0 heterocycles. The summed E-state index contributed by atoms with van der Waals surface area (Å²) in [5, 5.41) is 11.1. The van der Waals surface area contributed by atoms with Crippen molar-refractivity contribution in [2.45, 2.75) is 25.3 Å². The number of rotatable bonds is 3. The molecule has 1 aliphatic rings. The van der Waals surface area contributed by atoms with Crippen LogP contribution in [0.15, 0.2) is 0 Å². The van der Waals surface area contributed by atoms with Crippen molar-refractivity contribution in [3.05, 3.63) is 0 Å². The number of thiocarbonyl (C=S) groups is 1. The highest BCUT2D eigenvalue weighted by molar-refractivity contribution is 7.82. The molecule has 1 saturated carbocycles. The third-order valence-corrected chi connectivity index (χ3v) is 2.39. The van der Waals surface area contributed by atoms with E-state index < -0.39 is 5.97 Å². The molecule has 2 N–H and O–H groups in total. The highest BCUT2D eigenvalue weighted by Gasteiger charge is 2.26. The fourth-order valence-electron chi connectivity index (χ4n) is 1.32. The monoisotopic (exact) mass is 201 g/mol. The van der Waals surface area contributed by atoms with Crippen LogP contribution in [0.4, 0.5) is 0 Å². The van der Waals surface area contributed by atoms with Gasteiger partial charge in [0.25, 0.3) is 0 Å². The van der Waals surface area contributed by atoms with Crippen LogP contribution in [0.3, 0.4) is 0 Å². The molecule has 1 fully saturated rings. The molecular weight excluding hydrogens is 190 g/mol. The molecule has 72 valence electrons. The average molecular weight is 201 g/mol. The minimum atomic E-state index is -0.954. The summed E-state index contributed by atoms with van der Waals surface area (Å²) in [5.74, 6) is -1.06. The number of nitrogens with one attached hydrogen (secondary N) is 1. The number of carbonyl (C=O) groups excluding carboxylic acids is 1. The fraction of sp³-hybridized carbons (Fsp3) is 0.625. The summed E-state index contributed by atoms with van der Waals surface area (Å²) < 4.78 is 0. The van der Waals surface area contributed by atoms with Gasteiger partial charge in [-0.15, -0.1) is 0 Å². The molecule has 0 aliphatic heterocycles. The van der Waals surface area contributed by atoms with E-state index in [-0.39, 0.29) is 18.4 Å². The maximum Gasteiger partial charge on any atom is 0.317 e. The largest absolute Gasteiger partial charge is 0.480 e. The number of carbonyl (C=O) groups is 2. The summed E-state index contributed by atoms with van der Waals surface area (Å²) in [6.45, 7) is -0.182. The number of Topliss-reactive ketones (excluding diaryl/α,β-unsaturated/α-hetero) is 1. The molecule has 1 aliphatic carbocycles. The summed E-state index contributed by atoms with van der Waals surface area (Å²) in [7, 11) is 0. The first-order valence-electron chi connectivity index (χ1n) is 4.13. The van der Waals surface area contributed by atoms with Gasteiger partial charge in [0.2, 0.25) is 0 Å². The summed E-state index contributed by atoms with van der Waals surface area (Å²) in [6, 6.07) is -0.377. The van der Waals surface area contributed by atoms with Gasteiger partial charge in [0, 0.05) is 0 Å². The zero-order valence-corrected chi connectivity index (χ0v) is 7.89. The Morgan fingerprint density at radius 1 is 1.69 bits per heavy atom. The van der Waals surface area contributed by atoms with Gasteiger partial charge in [0.1, 0.15) is 0 Å². The lowest BCUT2D eigenvalue weighted by Gasteiger charge is -2.21. The molecule has 0 bridgehead atoms. The van der Waals surface area contributed by atoms with Crippen LogP contribution < -0.4 is 5.32 Å². The highest BCUT2D eigenvalue weighted by Crippen LogP contribution is 2.12. The summed E-state index contributed by atoms with van der Waals surface area (Å²) in [4.78, 5) is 22.0. The third kappa shape index (κ3) is 2.86. The molecule has 0 saturated heterocycles. The molecule has 5 heteroatoms. The molecule has 0 aromatic heterocycles. The molecule has 0 aromatic rings. The number of hydrogen-bond donors (Lipinski definition) is 2. The van der Waals surface area contributed by atoms with Gasteiger partial charge in [-0.2, -0.15) is 0 Å². The second-order valence-electron chi connectivity index (χ2n) is 3.01. The van der Waals surface area contributed by atoms with E-state index in [0.717, 1.165) is 6.42 Å². The highest BCUT2D eigenvalue weighted by atomic mass is 32.1. The number of ketones is 1. The molecule has 0 amide bonds. The van der Waals surface area contributed by atoms with E-state index >= 15 is 0 Å². The van der Waals surface area contributed by atoms with Gasteiger partial charge in [-0.1, -0.05) is 12.2 Å². The first kappa shape index (κ1) is 10.3. The van der Waals surface area contributed by atoms with Crippen molar-refractivity contribution in [1.29, 1.82) is 0 Å². The topological polar surface area (TPSA) is 66.4 Å². The Balaban J connectivity index is 2.44. The molecule has 1 unspecified atom stereocenters. The third-order valence-electron chi connectivity index (χ3n) is 1.99. The van der Waals surface area contributed by atoms with Crippen LogP contribution in [0.25, 0.3) is 0 Å². The maximum atomic E-state index is 11.3. The summed E-state index contributed by atoms with van der Waals surface area (Å²) in [5.41, 5.74) is 0. The van der Waals surface area contributed by atoms with Crippen molar-refractivity contribution in [1.82, 2.24) is 5.32 Å². The second-order valence-corrected chi connectivity index (χ2v) is 3.50.